The van der Waals surface area contributed by atoms with Crippen molar-refractivity contribution < 1.29 is 0 Å². The van der Waals surface area contributed by atoms with Gasteiger partial charge in [0.2, 0.25) is 0 Å². The van der Waals surface area contributed by atoms with E-state index in [1.165, 1.54) is 10.8 Å². The van der Waals surface area contributed by atoms with Crippen LogP contribution >= 0.6 is 21.0 Å². The van der Waals surface area contributed by atoms with Crippen LogP contribution in [0.1, 0.15) is 13.3 Å². The molecular formula is C4H11I. The standard InChI is InChI=1S/C4H11I/c1-3-4-5-2/h5H,3-4H2,1-2H3/i5D. The van der Waals surface area contributed by atoms with Crippen LogP contribution in [0.25, 0.3) is 0 Å². The minimum absolute atomic E-state index is 1.06. The van der Waals surface area contributed by atoms with Crippen LogP contribution in [-0.4, -0.2) is 9.95 Å². The van der Waals surface area contributed by atoms with Crippen molar-refractivity contribution in [2.24, 2.45) is 0 Å². The Morgan fingerprint density at radius 2 is 2.60 bits per heavy atom. The van der Waals surface area contributed by atoms with Crippen LogP contribution in [0.2, 0.25) is 0 Å². The van der Waals surface area contributed by atoms with Gasteiger partial charge in [-0.05, 0) is 0 Å². The average molecular weight is 187 g/mol. The van der Waals surface area contributed by atoms with Crippen LogP contribution < -0.4 is 0 Å². The van der Waals surface area contributed by atoms with E-state index in [4.69, 9.17) is 0.594 Å². The monoisotopic (exact) mass is 187 g/mol. The number of hydrogen-bond donors (Lipinski definition) is 0. The summed E-state index contributed by atoms with van der Waals surface area (Å²) in [5, 5.41) is 0. The molecular weight excluding hydrogens is 175 g/mol. The molecule has 5 heavy (non-hydrogen) atoms. The van der Waals surface area contributed by atoms with E-state index in [1.54, 1.807) is 0 Å². The first-order valence-corrected chi connectivity index (χ1v) is 5.54. The molecule has 0 spiro atoms. The maximum atomic E-state index is 7.13. The van der Waals surface area contributed by atoms with Crippen LogP contribution in [0.5, 0.6) is 0 Å². The van der Waals surface area contributed by atoms with Gasteiger partial charge in [-0.3, -0.25) is 0 Å². The minimum atomic E-state index is -1.06. The molecule has 0 saturated carbocycles. The third-order valence-electron chi connectivity index (χ3n) is 0.378. The third kappa shape index (κ3) is 4.73. The van der Waals surface area contributed by atoms with E-state index in [1.807, 2.05) is 0 Å². The third-order valence-corrected chi connectivity index (χ3v) is 2.54. The van der Waals surface area contributed by atoms with Gasteiger partial charge >= 0.3 is 44.3 Å². The van der Waals surface area contributed by atoms with Gasteiger partial charge in [0.25, 0.3) is 0 Å². The van der Waals surface area contributed by atoms with Crippen LogP contribution in [-0.2, 0) is 0 Å². The molecule has 0 aromatic rings. The molecule has 0 N–H and O–H groups in total. The molecule has 0 nitrogen and oxygen atoms in total. The van der Waals surface area contributed by atoms with Gasteiger partial charge in [-0.15, -0.1) is 0 Å². The van der Waals surface area contributed by atoms with Crippen molar-refractivity contribution in [3.8, 4) is 0 Å². The van der Waals surface area contributed by atoms with Crippen molar-refractivity contribution in [3.63, 3.8) is 0 Å². The van der Waals surface area contributed by atoms with E-state index in [9.17, 15) is 0 Å². The fraction of sp³-hybridized carbons (Fsp3) is 1.00. The van der Waals surface area contributed by atoms with Crippen molar-refractivity contribution >= 4 is 21.0 Å². The number of halogens is 1. The second-order valence-electron chi connectivity index (χ2n) is 0.956. The second kappa shape index (κ2) is 4.73. The number of hydrogen-bond acceptors (Lipinski definition) is 0. The summed E-state index contributed by atoms with van der Waals surface area (Å²) >= 11 is -1.06. The molecule has 0 fully saturated rings. The van der Waals surface area contributed by atoms with E-state index in [2.05, 4.69) is 11.9 Å². The molecule has 0 aliphatic heterocycles. The number of alkyl halides is 2. The van der Waals surface area contributed by atoms with Gasteiger partial charge < -0.3 is 0 Å². The summed E-state index contributed by atoms with van der Waals surface area (Å²) in [6, 6.07) is 0. The SMILES string of the molecule is [2H]I(C)CCC. The Morgan fingerprint density at radius 1 is 2.00 bits per heavy atom. The van der Waals surface area contributed by atoms with E-state index in [0.717, 1.165) is 0 Å². The van der Waals surface area contributed by atoms with Gasteiger partial charge in [0, 0.05) is 0 Å². The fourth-order valence-electron chi connectivity index (χ4n) is 0.189. The Morgan fingerprint density at radius 3 is 2.60 bits per heavy atom. The Hall–Kier alpha value is 0.730. The molecule has 0 unspecified atom stereocenters. The Labute approximate surface area is 44.7 Å². The molecule has 0 amide bonds. The maximum absolute atomic E-state index is 7.13. The molecule has 1 heteroatoms. The van der Waals surface area contributed by atoms with Crippen molar-refractivity contribution in [2.75, 3.05) is 9.36 Å². The van der Waals surface area contributed by atoms with E-state index in [-0.39, 0.29) is 0 Å². The summed E-state index contributed by atoms with van der Waals surface area (Å²) in [5.41, 5.74) is 0. The molecule has 0 aliphatic carbocycles. The van der Waals surface area contributed by atoms with Crippen LogP contribution in [0.3, 0.4) is 0 Å². The molecule has 0 aromatic carbocycles. The molecule has 0 radical (unpaired) electrons. The van der Waals surface area contributed by atoms with Crippen molar-refractivity contribution in [1.29, 1.82) is 0.594 Å². The van der Waals surface area contributed by atoms with Crippen LogP contribution in [0.15, 0.2) is 0 Å². The topological polar surface area (TPSA) is 0 Å². The fourth-order valence-corrected chi connectivity index (χ4v) is 1.27. The van der Waals surface area contributed by atoms with Gasteiger partial charge in [0.05, 0.1) is 0 Å². The summed E-state index contributed by atoms with van der Waals surface area (Å²) in [6.07, 6.45) is 1.21. The van der Waals surface area contributed by atoms with E-state index in [0.29, 0.717) is 0 Å². The van der Waals surface area contributed by atoms with E-state index >= 15 is 0 Å². The van der Waals surface area contributed by atoms with Gasteiger partial charge in [-0.2, -0.15) is 0 Å². The van der Waals surface area contributed by atoms with E-state index < -0.39 is 21.0 Å². The zero-order valence-corrected chi connectivity index (χ0v) is 5.95. The van der Waals surface area contributed by atoms with Crippen molar-refractivity contribution in [3.05, 3.63) is 0 Å². The van der Waals surface area contributed by atoms with Gasteiger partial charge in [0.1, 0.15) is 0 Å². The predicted molar refractivity (Wildman–Crippen MR) is 36.5 cm³/mol. The second-order valence-corrected chi connectivity index (χ2v) is 3.56. The van der Waals surface area contributed by atoms with Gasteiger partial charge in [0.15, 0.2) is 0 Å². The van der Waals surface area contributed by atoms with Gasteiger partial charge in [-0.1, -0.05) is 0 Å². The summed E-state index contributed by atoms with van der Waals surface area (Å²) in [7, 11) is 0. The first-order chi connectivity index (χ1) is 2.77. The molecule has 0 saturated heterocycles. The van der Waals surface area contributed by atoms with Crippen molar-refractivity contribution in [1.82, 2.24) is 0 Å². The Balaban J connectivity index is 2.63. The average Bonchev–Trinajstić information content (AvgIpc) is 1.35. The molecule has 0 aliphatic rings. The van der Waals surface area contributed by atoms with Crippen LogP contribution in [0.4, 0.5) is 0 Å². The summed E-state index contributed by atoms with van der Waals surface area (Å²) in [6.45, 7) is 2.14. The molecule has 0 heterocycles. The zero-order chi connectivity index (χ0) is 4.99. The van der Waals surface area contributed by atoms with Gasteiger partial charge in [-0.25, -0.2) is 0 Å². The molecule has 0 aromatic heterocycles. The summed E-state index contributed by atoms with van der Waals surface area (Å²) in [5.74, 6) is 0. The molecule has 34 valence electrons. The van der Waals surface area contributed by atoms with Crippen molar-refractivity contribution in [2.45, 2.75) is 13.3 Å². The molecule has 0 atom stereocenters. The summed E-state index contributed by atoms with van der Waals surface area (Å²) in [4.78, 5) is 2.08. The molecule has 0 rings (SSSR count). The first kappa shape index (κ1) is 3.90. The normalized spacial score (nSPS) is 14.0. The summed E-state index contributed by atoms with van der Waals surface area (Å²) < 4.78 is 8.33. The molecule has 0 bridgehead atoms. The quantitative estimate of drug-likeness (QED) is 0.456. The Bertz CT molecular complexity index is 28.7. The number of rotatable bonds is 2. The Kier molecular flexibility index (Phi) is 3.69. The van der Waals surface area contributed by atoms with Crippen LogP contribution in [0, 0.1) is 0 Å². The zero-order valence-electron chi connectivity index (χ0n) is 4.79. The first-order valence-electron chi connectivity index (χ1n) is 2.23. The predicted octanol–water partition coefficient (Wildman–Crippen LogP) is 1.73.